The highest BCUT2D eigenvalue weighted by Crippen LogP contribution is 2.42. The molecular formula is C28H28ClNO3. The van der Waals surface area contributed by atoms with E-state index in [1.54, 1.807) is 21.3 Å². The van der Waals surface area contributed by atoms with Crippen molar-refractivity contribution in [1.82, 2.24) is 4.57 Å². The van der Waals surface area contributed by atoms with Gasteiger partial charge in [-0.25, -0.2) is 0 Å². The van der Waals surface area contributed by atoms with E-state index >= 15 is 0 Å². The van der Waals surface area contributed by atoms with Crippen molar-refractivity contribution in [2.24, 2.45) is 0 Å². The number of halogens is 1. The topological polar surface area (TPSA) is 32.6 Å². The van der Waals surface area contributed by atoms with Crippen LogP contribution in [0.4, 0.5) is 0 Å². The summed E-state index contributed by atoms with van der Waals surface area (Å²) in [7, 11) is 5.01. The molecule has 4 nitrogen and oxygen atoms in total. The first-order valence-corrected chi connectivity index (χ1v) is 11.3. The Morgan fingerprint density at radius 1 is 0.667 bits per heavy atom. The summed E-state index contributed by atoms with van der Waals surface area (Å²) in [4.78, 5) is 0. The van der Waals surface area contributed by atoms with E-state index in [9.17, 15) is 0 Å². The van der Waals surface area contributed by atoms with Crippen LogP contribution in [0.15, 0.2) is 72.8 Å². The molecule has 0 N–H and O–H groups in total. The summed E-state index contributed by atoms with van der Waals surface area (Å²) >= 11 is 6.72. The first-order valence-electron chi connectivity index (χ1n) is 11.0. The lowest BCUT2D eigenvalue weighted by molar-refractivity contribution is 0.414. The summed E-state index contributed by atoms with van der Waals surface area (Å²) in [5.41, 5.74) is 6.56. The molecule has 0 fully saturated rings. The van der Waals surface area contributed by atoms with Crippen LogP contribution in [0.25, 0.3) is 33.6 Å². The zero-order valence-electron chi connectivity index (χ0n) is 19.4. The fourth-order valence-corrected chi connectivity index (χ4v) is 4.38. The smallest absolute Gasteiger partial charge is 0.120 e. The molecule has 0 aliphatic carbocycles. The standard InChI is InChI=1S/C28H28ClNO3/c1-5-16-30-27(24-15-14-23(33-4)17-26(24)29)18-25(19-6-10-21(31-2)11-7-19)28(30)20-8-12-22(32-3)13-9-20/h6-15,17-18H,5,16H2,1-4H3. The highest BCUT2D eigenvalue weighted by atomic mass is 35.5. The highest BCUT2D eigenvalue weighted by molar-refractivity contribution is 6.33. The van der Waals surface area contributed by atoms with Gasteiger partial charge < -0.3 is 18.8 Å². The molecule has 33 heavy (non-hydrogen) atoms. The number of aromatic nitrogens is 1. The van der Waals surface area contributed by atoms with E-state index in [1.807, 2.05) is 42.5 Å². The van der Waals surface area contributed by atoms with Gasteiger partial charge in [-0.3, -0.25) is 0 Å². The summed E-state index contributed by atoms with van der Waals surface area (Å²) in [5.74, 6) is 2.40. The lowest BCUT2D eigenvalue weighted by Gasteiger charge is -2.16. The van der Waals surface area contributed by atoms with Crippen LogP contribution in [0, 0.1) is 0 Å². The number of rotatable bonds is 8. The maximum absolute atomic E-state index is 6.72. The molecule has 0 saturated heterocycles. The molecular weight excluding hydrogens is 434 g/mol. The van der Waals surface area contributed by atoms with Crippen molar-refractivity contribution in [3.8, 4) is 50.9 Å². The van der Waals surface area contributed by atoms with Crippen molar-refractivity contribution in [2.45, 2.75) is 19.9 Å². The van der Waals surface area contributed by atoms with Crippen LogP contribution in [0.5, 0.6) is 17.2 Å². The summed E-state index contributed by atoms with van der Waals surface area (Å²) in [5, 5.41) is 0.659. The minimum atomic E-state index is 0.659. The van der Waals surface area contributed by atoms with Gasteiger partial charge in [0.15, 0.2) is 0 Å². The van der Waals surface area contributed by atoms with Crippen LogP contribution in [0.2, 0.25) is 5.02 Å². The van der Waals surface area contributed by atoms with Crippen LogP contribution >= 0.6 is 11.6 Å². The molecule has 5 heteroatoms. The second-order valence-corrected chi connectivity index (χ2v) is 8.15. The molecule has 0 spiro atoms. The number of ether oxygens (including phenoxy) is 3. The number of hydrogen-bond donors (Lipinski definition) is 0. The Labute approximate surface area is 200 Å². The average Bonchev–Trinajstić information content (AvgIpc) is 3.23. The van der Waals surface area contributed by atoms with Crippen molar-refractivity contribution in [1.29, 1.82) is 0 Å². The summed E-state index contributed by atoms with van der Waals surface area (Å²) < 4.78 is 18.5. The van der Waals surface area contributed by atoms with Gasteiger partial charge >= 0.3 is 0 Å². The van der Waals surface area contributed by atoms with Crippen molar-refractivity contribution in [3.63, 3.8) is 0 Å². The lowest BCUT2D eigenvalue weighted by atomic mass is 10.0. The zero-order chi connectivity index (χ0) is 23.4. The van der Waals surface area contributed by atoms with Gasteiger partial charge in [-0.05, 0) is 78.2 Å². The third-order valence-electron chi connectivity index (χ3n) is 5.76. The van der Waals surface area contributed by atoms with Crippen LogP contribution < -0.4 is 14.2 Å². The Hall–Kier alpha value is -3.37. The largest absolute Gasteiger partial charge is 0.497 e. The van der Waals surface area contributed by atoms with Gasteiger partial charge in [0.25, 0.3) is 0 Å². The molecule has 0 radical (unpaired) electrons. The van der Waals surface area contributed by atoms with Gasteiger partial charge in [0.1, 0.15) is 17.2 Å². The number of methoxy groups -OCH3 is 3. The van der Waals surface area contributed by atoms with Gasteiger partial charge in [0.05, 0.1) is 37.7 Å². The first kappa shape index (κ1) is 22.8. The molecule has 0 saturated carbocycles. The molecule has 0 atom stereocenters. The van der Waals surface area contributed by atoms with Crippen LogP contribution in [0.3, 0.4) is 0 Å². The predicted molar refractivity (Wildman–Crippen MR) is 136 cm³/mol. The Kier molecular flexibility index (Phi) is 6.95. The van der Waals surface area contributed by atoms with Crippen molar-refractivity contribution < 1.29 is 14.2 Å². The maximum atomic E-state index is 6.72. The summed E-state index contributed by atoms with van der Waals surface area (Å²) in [6.07, 6.45) is 0.987. The fraction of sp³-hybridized carbons (Fsp3) is 0.214. The molecule has 1 aromatic heterocycles. The minimum absolute atomic E-state index is 0.659. The Morgan fingerprint density at radius 3 is 1.73 bits per heavy atom. The van der Waals surface area contributed by atoms with Gasteiger partial charge in [-0.15, -0.1) is 0 Å². The molecule has 4 rings (SSSR count). The summed E-state index contributed by atoms with van der Waals surface area (Å²) in [6.45, 7) is 3.04. The first-order chi connectivity index (χ1) is 16.1. The molecule has 4 aromatic rings. The van der Waals surface area contributed by atoms with E-state index in [2.05, 4.69) is 41.8 Å². The number of benzene rings is 3. The van der Waals surface area contributed by atoms with E-state index in [0.29, 0.717) is 5.02 Å². The second-order valence-electron chi connectivity index (χ2n) is 7.75. The normalized spacial score (nSPS) is 10.8. The zero-order valence-corrected chi connectivity index (χ0v) is 20.1. The fourth-order valence-electron chi connectivity index (χ4n) is 4.11. The number of nitrogens with zero attached hydrogens (tertiary/aromatic N) is 1. The van der Waals surface area contributed by atoms with E-state index < -0.39 is 0 Å². The number of hydrogen-bond acceptors (Lipinski definition) is 3. The van der Waals surface area contributed by atoms with Crippen LogP contribution in [-0.4, -0.2) is 25.9 Å². The second kappa shape index (κ2) is 10.1. The predicted octanol–water partition coefficient (Wildman–Crippen LogP) is 7.58. The van der Waals surface area contributed by atoms with Gasteiger partial charge in [-0.1, -0.05) is 30.7 Å². The van der Waals surface area contributed by atoms with Crippen molar-refractivity contribution in [3.05, 3.63) is 77.8 Å². The van der Waals surface area contributed by atoms with Gasteiger partial charge in [-0.2, -0.15) is 0 Å². The molecule has 0 bridgehead atoms. The lowest BCUT2D eigenvalue weighted by Crippen LogP contribution is -2.02. The Bertz CT molecular complexity index is 1230. The Balaban J connectivity index is 1.98. The van der Waals surface area contributed by atoms with E-state index in [0.717, 1.165) is 63.9 Å². The third kappa shape index (κ3) is 4.57. The molecule has 0 amide bonds. The average molecular weight is 462 g/mol. The third-order valence-corrected chi connectivity index (χ3v) is 6.07. The molecule has 0 aliphatic heterocycles. The summed E-state index contributed by atoms with van der Waals surface area (Å²) in [6, 6.07) is 24.4. The van der Waals surface area contributed by atoms with E-state index in [4.69, 9.17) is 25.8 Å². The Morgan fingerprint density at radius 2 is 1.21 bits per heavy atom. The highest BCUT2D eigenvalue weighted by Gasteiger charge is 2.20. The maximum Gasteiger partial charge on any atom is 0.120 e. The molecule has 0 aliphatic rings. The van der Waals surface area contributed by atoms with E-state index in [-0.39, 0.29) is 0 Å². The molecule has 1 heterocycles. The minimum Gasteiger partial charge on any atom is -0.497 e. The van der Waals surface area contributed by atoms with Crippen LogP contribution in [0.1, 0.15) is 13.3 Å². The quantitative estimate of drug-likeness (QED) is 0.271. The van der Waals surface area contributed by atoms with Crippen molar-refractivity contribution >= 4 is 11.6 Å². The molecule has 3 aromatic carbocycles. The van der Waals surface area contributed by atoms with Gasteiger partial charge in [0.2, 0.25) is 0 Å². The van der Waals surface area contributed by atoms with Crippen LogP contribution in [-0.2, 0) is 6.54 Å². The van der Waals surface area contributed by atoms with Crippen molar-refractivity contribution in [2.75, 3.05) is 21.3 Å². The molecule has 0 unspecified atom stereocenters. The van der Waals surface area contributed by atoms with Gasteiger partial charge in [0, 0.05) is 17.7 Å². The van der Waals surface area contributed by atoms with E-state index in [1.165, 1.54) is 0 Å². The molecule has 170 valence electrons. The SMILES string of the molecule is CCCn1c(-c2ccc(OC)cc2Cl)cc(-c2ccc(OC)cc2)c1-c1ccc(OC)cc1. The monoisotopic (exact) mass is 461 g/mol.